The minimum Gasteiger partial charge on any atom is -0.491 e. The summed E-state index contributed by atoms with van der Waals surface area (Å²) in [5, 5.41) is 23.0. The zero-order chi connectivity index (χ0) is 24.2. The molecular formula is C27H30N2O5. The van der Waals surface area contributed by atoms with Crippen LogP contribution in [0.1, 0.15) is 24.5 Å². The first kappa shape index (κ1) is 24.8. The number of nitrogen functional groups attached to an aromatic ring is 1. The SMILES string of the molecule is Nc1ccccc1NC(=O)/C=C/CC[C@H](Oc1ccccc1)[C@@H](O)c1ccccc1OCCO. The molecule has 34 heavy (non-hydrogen) atoms. The Balaban J connectivity index is 1.68. The summed E-state index contributed by atoms with van der Waals surface area (Å²) in [5.41, 5.74) is 7.47. The number of ether oxygens (including phenoxy) is 2. The first-order valence-corrected chi connectivity index (χ1v) is 11.1. The number of amides is 1. The fourth-order valence-electron chi connectivity index (χ4n) is 3.40. The second-order valence-electron chi connectivity index (χ2n) is 7.58. The van der Waals surface area contributed by atoms with Gasteiger partial charge in [-0.3, -0.25) is 4.79 Å². The number of aliphatic hydroxyl groups is 2. The third kappa shape index (κ3) is 7.37. The second-order valence-corrected chi connectivity index (χ2v) is 7.58. The molecule has 5 N–H and O–H groups in total. The number of rotatable bonds is 12. The summed E-state index contributed by atoms with van der Waals surface area (Å²) in [6.07, 6.45) is 2.53. The van der Waals surface area contributed by atoms with Crippen LogP contribution in [0.4, 0.5) is 11.4 Å². The van der Waals surface area contributed by atoms with Gasteiger partial charge >= 0.3 is 0 Å². The quantitative estimate of drug-likeness (QED) is 0.238. The molecule has 3 rings (SSSR count). The number of nitrogens with one attached hydrogen (secondary N) is 1. The van der Waals surface area contributed by atoms with Gasteiger partial charge in [0.05, 0.1) is 18.0 Å². The van der Waals surface area contributed by atoms with Crippen LogP contribution in [0.15, 0.2) is 91.0 Å². The molecule has 0 radical (unpaired) electrons. The summed E-state index contributed by atoms with van der Waals surface area (Å²) in [6, 6.07) is 23.4. The zero-order valence-corrected chi connectivity index (χ0v) is 18.8. The van der Waals surface area contributed by atoms with Crippen LogP contribution >= 0.6 is 0 Å². The zero-order valence-electron chi connectivity index (χ0n) is 18.8. The highest BCUT2D eigenvalue weighted by Crippen LogP contribution is 2.31. The molecule has 0 saturated heterocycles. The number of para-hydroxylation sites is 4. The third-order valence-electron chi connectivity index (χ3n) is 5.08. The van der Waals surface area contributed by atoms with Crippen LogP contribution in [0.3, 0.4) is 0 Å². The molecule has 2 atom stereocenters. The molecule has 1 amide bonds. The van der Waals surface area contributed by atoms with Crippen molar-refractivity contribution in [1.29, 1.82) is 0 Å². The largest absolute Gasteiger partial charge is 0.491 e. The van der Waals surface area contributed by atoms with Gasteiger partial charge in [-0.1, -0.05) is 54.6 Å². The van der Waals surface area contributed by atoms with E-state index in [0.717, 1.165) is 0 Å². The van der Waals surface area contributed by atoms with Crippen molar-refractivity contribution < 1.29 is 24.5 Å². The van der Waals surface area contributed by atoms with Gasteiger partial charge in [-0.2, -0.15) is 0 Å². The fourth-order valence-corrected chi connectivity index (χ4v) is 3.40. The molecule has 0 aliphatic rings. The van der Waals surface area contributed by atoms with Gasteiger partial charge in [0.15, 0.2) is 0 Å². The molecule has 0 heterocycles. The molecule has 7 nitrogen and oxygen atoms in total. The van der Waals surface area contributed by atoms with Gasteiger partial charge in [-0.25, -0.2) is 0 Å². The van der Waals surface area contributed by atoms with Crippen molar-refractivity contribution in [2.45, 2.75) is 25.0 Å². The maximum Gasteiger partial charge on any atom is 0.248 e. The number of benzene rings is 3. The van der Waals surface area contributed by atoms with E-state index in [0.29, 0.717) is 41.3 Å². The summed E-state index contributed by atoms with van der Waals surface area (Å²) in [4.78, 5) is 12.2. The van der Waals surface area contributed by atoms with Crippen molar-refractivity contribution in [1.82, 2.24) is 0 Å². The highest BCUT2D eigenvalue weighted by atomic mass is 16.5. The van der Waals surface area contributed by atoms with Gasteiger partial charge in [0.1, 0.15) is 30.3 Å². The Labute approximate surface area is 199 Å². The number of allylic oxidation sites excluding steroid dienone is 1. The maximum absolute atomic E-state index is 12.2. The Morgan fingerprint density at radius 2 is 1.71 bits per heavy atom. The molecule has 0 aliphatic carbocycles. The second kappa shape index (κ2) is 13.0. The molecular weight excluding hydrogens is 432 g/mol. The Hall–Kier alpha value is -3.81. The van der Waals surface area contributed by atoms with E-state index < -0.39 is 12.2 Å². The number of carbonyl (C=O) groups is 1. The molecule has 3 aromatic rings. The lowest BCUT2D eigenvalue weighted by Gasteiger charge is -2.25. The van der Waals surface area contributed by atoms with Crippen LogP contribution < -0.4 is 20.5 Å². The number of carbonyl (C=O) groups excluding carboxylic acids is 1. The Morgan fingerprint density at radius 3 is 2.47 bits per heavy atom. The van der Waals surface area contributed by atoms with Crippen LogP contribution in [0.25, 0.3) is 0 Å². The van der Waals surface area contributed by atoms with Gasteiger partial charge in [0.25, 0.3) is 0 Å². The monoisotopic (exact) mass is 462 g/mol. The number of aliphatic hydroxyl groups excluding tert-OH is 2. The summed E-state index contributed by atoms with van der Waals surface area (Å²) in [6.45, 7) is -0.00637. The summed E-state index contributed by atoms with van der Waals surface area (Å²) in [7, 11) is 0. The molecule has 0 unspecified atom stereocenters. The van der Waals surface area contributed by atoms with Crippen molar-refractivity contribution in [3.63, 3.8) is 0 Å². The molecule has 0 bridgehead atoms. The van der Waals surface area contributed by atoms with Crippen LogP contribution in [0.5, 0.6) is 11.5 Å². The summed E-state index contributed by atoms with van der Waals surface area (Å²) >= 11 is 0. The molecule has 3 aromatic carbocycles. The van der Waals surface area contributed by atoms with E-state index in [9.17, 15) is 9.90 Å². The van der Waals surface area contributed by atoms with Gasteiger partial charge < -0.3 is 30.7 Å². The first-order chi connectivity index (χ1) is 16.6. The van der Waals surface area contributed by atoms with Crippen molar-refractivity contribution in [3.8, 4) is 11.5 Å². The highest BCUT2D eigenvalue weighted by Gasteiger charge is 2.25. The predicted octanol–water partition coefficient (Wildman–Crippen LogP) is 4.10. The molecule has 0 fully saturated rings. The van der Waals surface area contributed by atoms with Crippen molar-refractivity contribution in [2.75, 3.05) is 24.3 Å². The maximum atomic E-state index is 12.2. The van der Waals surface area contributed by atoms with E-state index in [-0.39, 0.29) is 19.1 Å². The van der Waals surface area contributed by atoms with E-state index in [1.165, 1.54) is 6.08 Å². The summed E-state index contributed by atoms with van der Waals surface area (Å²) < 4.78 is 11.7. The van der Waals surface area contributed by atoms with Gasteiger partial charge in [0.2, 0.25) is 5.91 Å². The lowest BCUT2D eigenvalue weighted by Crippen LogP contribution is -2.26. The number of anilines is 2. The lowest BCUT2D eigenvalue weighted by atomic mass is 9.99. The van der Waals surface area contributed by atoms with Gasteiger partial charge in [0, 0.05) is 5.56 Å². The number of hydrogen-bond acceptors (Lipinski definition) is 6. The summed E-state index contributed by atoms with van der Waals surface area (Å²) in [5.74, 6) is 0.824. The Kier molecular flexibility index (Phi) is 9.52. The van der Waals surface area contributed by atoms with E-state index in [1.807, 2.05) is 36.4 Å². The van der Waals surface area contributed by atoms with Crippen molar-refractivity contribution >= 4 is 17.3 Å². The molecule has 0 saturated carbocycles. The lowest BCUT2D eigenvalue weighted by molar-refractivity contribution is -0.111. The molecule has 178 valence electrons. The Morgan fingerprint density at radius 1 is 1.00 bits per heavy atom. The van der Waals surface area contributed by atoms with Crippen molar-refractivity contribution in [2.24, 2.45) is 0 Å². The molecule has 7 heteroatoms. The topological polar surface area (TPSA) is 114 Å². The van der Waals surface area contributed by atoms with Crippen LogP contribution in [0, 0.1) is 0 Å². The molecule has 0 spiro atoms. The minimum atomic E-state index is -0.985. The first-order valence-electron chi connectivity index (χ1n) is 11.1. The predicted molar refractivity (Wildman–Crippen MR) is 133 cm³/mol. The van der Waals surface area contributed by atoms with E-state index in [2.05, 4.69) is 5.32 Å². The fraction of sp³-hybridized carbons (Fsp3) is 0.222. The average molecular weight is 463 g/mol. The van der Waals surface area contributed by atoms with Gasteiger partial charge in [-0.15, -0.1) is 0 Å². The molecule has 0 aliphatic heterocycles. The van der Waals surface area contributed by atoms with Gasteiger partial charge in [-0.05, 0) is 49.2 Å². The van der Waals surface area contributed by atoms with Crippen LogP contribution in [-0.2, 0) is 4.79 Å². The Bertz CT molecular complexity index is 1070. The normalized spacial score (nSPS) is 12.8. The van der Waals surface area contributed by atoms with Crippen LogP contribution in [0.2, 0.25) is 0 Å². The highest BCUT2D eigenvalue weighted by molar-refractivity contribution is 6.01. The van der Waals surface area contributed by atoms with Crippen LogP contribution in [-0.4, -0.2) is 35.4 Å². The van der Waals surface area contributed by atoms with E-state index >= 15 is 0 Å². The minimum absolute atomic E-state index is 0.123. The number of nitrogens with two attached hydrogens (primary N) is 1. The average Bonchev–Trinajstić information content (AvgIpc) is 2.86. The van der Waals surface area contributed by atoms with Crippen molar-refractivity contribution in [3.05, 3.63) is 96.6 Å². The smallest absolute Gasteiger partial charge is 0.248 e. The number of hydrogen-bond donors (Lipinski definition) is 4. The third-order valence-corrected chi connectivity index (χ3v) is 5.08. The van der Waals surface area contributed by atoms with E-state index in [1.54, 1.807) is 48.5 Å². The standard InChI is InChI=1S/C27H30N2O5/c28-22-13-5-6-14-23(22)29-26(31)17-9-8-16-25(34-20-10-2-1-3-11-20)27(32)21-12-4-7-15-24(21)33-19-18-30/h1-7,9-15,17,25,27,30,32H,8,16,18-19,28H2,(H,29,31)/b17-9+/t25-,27-/m0/s1. The molecule has 0 aromatic heterocycles. The van der Waals surface area contributed by atoms with E-state index in [4.69, 9.17) is 20.3 Å².